The molecule has 0 amide bonds. The Labute approximate surface area is 171 Å². The largest absolute Gasteiger partial charge is 0.489 e. The van der Waals surface area contributed by atoms with Crippen LogP contribution in [0.3, 0.4) is 0 Å². The molecule has 2 heterocycles. The third-order valence-electron chi connectivity index (χ3n) is 5.33. The number of aliphatic hydroxyl groups excluding tert-OH is 1. The van der Waals surface area contributed by atoms with Gasteiger partial charge in [-0.3, -0.25) is 5.32 Å². The minimum Gasteiger partial charge on any atom is -0.489 e. The van der Waals surface area contributed by atoms with E-state index in [9.17, 15) is 18.3 Å². The lowest BCUT2D eigenvalue weighted by atomic mass is 10.1. The van der Waals surface area contributed by atoms with Crippen molar-refractivity contribution in [3.8, 4) is 5.75 Å². The summed E-state index contributed by atoms with van der Waals surface area (Å²) in [5, 5.41) is 17.8. The predicted molar refractivity (Wildman–Crippen MR) is 106 cm³/mol. The number of benzene rings is 2. The lowest BCUT2D eigenvalue weighted by molar-refractivity contribution is -0.138. The van der Waals surface area contributed by atoms with Crippen LogP contribution in [-0.2, 0) is 12.8 Å². The number of nitrogens with one attached hydrogen (secondary N) is 2. The molecule has 1 aliphatic rings. The Bertz CT molecular complexity index is 1030. The summed E-state index contributed by atoms with van der Waals surface area (Å²) in [6, 6.07) is 10.5. The first kappa shape index (κ1) is 20.7. The number of furan rings is 1. The quantitative estimate of drug-likeness (QED) is 0.520. The van der Waals surface area contributed by atoms with Crippen molar-refractivity contribution in [2.24, 2.45) is 0 Å². The van der Waals surface area contributed by atoms with E-state index in [1.807, 2.05) is 0 Å². The summed E-state index contributed by atoms with van der Waals surface area (Å²) in [5.41, 5.74) is 0.536. The molecule has 1 saturated heterocycles. The van der Waals surface area contributed by atoms with Crippen LogP contribution in [0.1, 0.15) is 35.1 Å². The fourth-order valence-corrected chi connectivity index (χ4v) is 3.84. The van der Waals surface area contributed by atoms with Crippen LogP contribution in [-0.4, -0.2) is 24.2 Å². The highest BCUT2D eigenvalue weighted by Crippen LogP contribution is 2.34. The summed E-state index contributed by atoms with van der Waals surface area (Å²) in [7, 11) is 0. The second-order valence-corrected chi connectivity index (χ2v) is 7.43. The molecule has 0 aliphatic carbocycles. The predicted octanol–water partition coefficient (Wildman–Crippen LogP) is 4.28. The highest BCUT2D eigenvalue weighted by molar-refractivity contribution is 5.84. The smallest absolute Gasteiger partial charge is 0.416 e. The van der Waals surface area contributed by atoms with Gasteiger partial charge in [0, 0.05) is 29.1 Å². The summed E-state index contributed by atoms with van der Waals surface area (Å²) in [5.74, 6) is 0.979. The van der Waals surface area contributed by atoms with Crippen LogP contribution in [0.25, 0.3) is 11.0 Å². The molecule has 3 aromatic rings. The summed E-state index contributed by atoms with van der Waals surface area (Å²) >= 11 is 0. The van der Waals surface area contributed by atoms with Gasteiger partial charge in [0.25, 0.3) is 0 Å². The Morgan fingerprint density at radius 3 is 2.80 bits per heavy atom. The standard InChI is InChI=1S/C22H23F3N2O3/c1-13-20(21(28)27-15-8-9-26-11-15)17-10-16(6-7-19(17)30-13)29-12-14-4-2-3-5-18(14)22(23,24)25/h2-7,10,15,21,26-28H,8-9,11-12H2,1H3/t15-,21?/m0/s1. The molecule has 0 spiro atoms. The summed E-state index contributed by atoms with van der Waals surface area (Å²) in [6.07, 6.45) is -4.44. The van der Waals surface area contributed by atoms with E-state index < -0.39 is 18.0 Å². The van der Waals surface area contributed by atoms with Gasteiger partial charge in [-0.25, -0.2) is 0 Å². The fourth-order valence-electron chi connectivity index (χ4n) is 3.84. The lowest BCUT2D eigenvalue weighted by Gasteiger charge is -2.18. The van der Waals surface area contributed by atoms with Gasteiger partial charge in [-0.2, -0.15) is 13.2 Å². The van der Waals surface area contributed by atoms with Crippen molar-refractivity contribution in [1.29, 1.82) is 0 Å². The zero-order valence-electron chi connectivity index (χ0n) is 16.4. The molecule has 160 valence electrons. The summed E-state index contributed by atoms with van der Waals surface area (Å²) in [4.78, 5) is 0. The molecule has 0 bridgehead atoms. The molecule has 30 heavy (non-hydrogen) atoms. The van der Waals surface area contributed by atoms with E-state index in [2.05, 4.69) is 10.6 Å². The maximum atomic E-state index is 13.2. The molecule has 1 aromatic heterocycles. The number of hydrogen-bond donors (Lipinski definition) is 3. The van der Waals surface area contributed by atoms with E-state index in [1.54, 1.807) is 31.2 Å². The lowest BCUT2D eigenvalue weighted by Crippen LogP contribution is -2.34. The average Bonchev–Trinajstić information content (AvgIpc) is 3.32. The number of aliphatic hydroxyl groups is 1. The van der Waals surface area contributed by atoms with Crippen LogP contribution >= 0.6 is 0 Å². The molecule has 2 atom stereocenters. The molecule has 2 aromatic carbocycles. The molecule has 0 saturated carbocycles. The molecule has 3 N–H and O–H groups in total. The molecular formula is C22H23F3N2O3. The normalized spacial score (nSPS) is 18.1. The van der Waals surface area contributed by atoms with Crippen LogP contribution in [0.5, 0.6) is 5.75 Å². The van der Waals surface area contributed by atoms with E-state index in [0.29, 0.717) is 28.0 Å². The van der Waals surface area contributed by atoms with E-state index in [-0.39, 0.29) is 18.2 Å². The van der Waals surface area contributed by atoms with Crippen LogP contribution in [0.15, 0.2) is 46.9 Å². The first-order chi connectivity index (χ1) is 14.3. The molecule has 8 heteroatoms. The highest BCUT2D eigenvalue weighted by Gasteiger charge is 2.33. The second kappa shape index (κ2) is 8.29. The first-order valence-corrected chi connectivity index (χ1v) is 9.78. The Morgan fingerprint density at radius 2 is 2.07 bits per heavy atom. The van der Waals surface area contributed by atoms with Gasteiger partial charge >= 0.3 is 6.18 Å². The third-order valence-corrected chi connectivity index (χ3v) is 5.33. The van der Waals surface area contributed by atoms with Crippen LogP contribution in [0, 0.1) is 6.92 Å². The first-order valence-electron chi connectivity index (χ1n) is 9.78. The van der Waals surface area contributed by atoms with Gasteiger partial charge in [0.15, 0.2) is 0 Å². The molecule has 1 unspecified atom stereocenters. The highest BCUT2D eigenvalue weighted by atomic mass is 19.4. The Kier molecular flexibility index (Phi) is 5.73. The van der Waals surface area contributed by atoms with Crippen LogP contribution < -0.4 is 15.4 Å². The maximum absolute atomic E-state index is 13.2. The van der Waals surface area contributed by atoms with E-state index in [1.165, 1.54) is 12.1 Å². The SMILES string of the molecule is Cc1oc2ccc(OCc3ccccc3C(F)(F)F)cc2c1C(O)N[C@H]1CCNC1. The van der Waals surface area contributed by atoms with Crippen molar-refractivity contribution in [2.75, 3.05) is 13.1 Å². The summed E-state index contributed by atoms with van der Waals surface area (Å²) < 4.78 is 51.0. The van der Waals surface area contributed by atoms with Gasteiger partial charge in [0.05, 0.1) is 5.56 Å². The average molecular weight is 420 g/mol. The third kappa shape index (κ3) is 4.30. The summed E-state index contributed by atoms with van der Waals surface area (Å²) in [6.45, 7) is 3.22. The van der Waals surface area contributed by atoms with Crippen molar-refractivity contribution in [2.45, 2.75) is 38.4 Å². The van der Waals surface area contributed by atoms with Gasteiger partial charge in [-0.15, -0.1) is 0 Å². The number of hydrogen-bond acceptors (Lipinski definition) is 5. The second-order valence-electron chi connectivity index (χ2n) is 7.43. The van der Waals surface area contributed by atoms with Crippen LogP contribution in [0.4, 0.5) is 13.2 Å². The van der Waals surface area contributed by atoms with Crippen molar-refractivity contribution in [3.63, 3.8) is 0 Å². The van der Waals surface area contributed by atoms with Crippen LogP contribution in [0.2, 0.25) is 0 Å². The molecular weight excluding hydrogens is 397 g/mol. The number of halogens is 3. The van der Waals surface area contributed by atoms with Crippen molar-refractivity contribution in [3.05, 3.63) is 64.9 Å². The topological polar surface area (TPSA) is 66.7 Å². The van der Waals surface area contributed by atoms with Gasteiger partial charge in [-0.1, -0.05) is 18.2 Å². The Morgan fingerprint density at radius 1 is 1.27 bits per heavy atom. The number of rotatable bonds is 6. The van der Waals surface area contributed by atoms with Gasteiger partial charge in [0.1, 0.15) is 29.9 Å². The number of aryl methyl sites for hydroxylation is 1. The number of alkyl halides is 3. The molecule has 5 nitrogen and oxygen atoms in total. The van der Waals surface area contributed by atoms with Gasteiger partial charge in [-0.05, 0) is 44.2 Å². The minimum absolute atomic E-state index is 0.0594. The number of ether oxygens (including phenoxy) is 1. The Hall–Kier alpha value is -2.55. The van der Waals surface area contributed by atoms with E-state index in [0.717, 1.165) is 25.6 Å². The van der Waals surface area contributed by atoms with Crippen molar-refractivity contribution >= 4 is 11.0 Å². The minimum atomic E-state index is -4.44. The monoisotopic (exact) mass is 420 g/mol. The van der Waals surface area contributed by atoms with E-state index in [4.69, 9.17) is 9.15 Å². The van der Waals surface area contributed by atoms with E-state index >= 15 is 0 Å². The molecule has 0 radical (unpaired) electrons. The van der Waals surface area contributed by atoms with Crippen molar-refractivity contribution < 1.29 is 27.4 Å². The Balaban J connectivity index is 1.56. The molecule has 1 aliphatic heterocycles. The molecule has 4 rings (SSSR count). The maximum Gasteiger partial charge on any atom is 0.416 e. The zero-order valence-corrected chi connectivity index (χ0v) is 16.4. The number of fused-ring (bicyclic) bond motifs is 1. The van der Waals surface area contributed by atoms with Gasteiger partial charge < -0.3 is 19.6 Å². The van der Waals surface area contributed by atoms with Gasteiger partial charge in [0.2, 0.25) is 0 Å². The molecule has 1 fully saturated rings. The zero-order chi connectivity index (χ0) is 21.3. The fraction of sp³-hybridized carbons (Fsp3) is 0.364. The van der Waals surface area contributed by atoms with Crippen molar-refractivity contribution in [1.82, 2.24) is 10.6 Å².